The number of pyridine rings is 1. The number of hydrogen-bond acceptors (Lipinski definition) is 5. The Kier molecular flexibility index (Phi) is 7.30. The van der Waals surface area contributed by atoms with Gasteiger partial charge < -0.3 is 14.6 Å². The van der Waals surface area contributed by atoms with Crippen molar-refractivity contribution in [3.8, 4) is 5.75 Å². The van der Waals surface area contributed by atoms with Gasteiger partial charge in [0.1, 0.15) is 16.5 Å². The molecular formula is C18H22FN3O5S. The molecule has 8 nitrogen and oxygen atoms in total. The number of halogens is 1. The molecule has 0 radical (unpaired) electrons. The summed E-state index contributed by atoms with van der Waals surface area (Å²) in [5.74, 6) is -0.792. The number of benzene rings is 1. The van der Waals surface area contributed by atoms with Crippen molar-refractivity contribution in [1.82, 2.24) is 14.6 Å². The van der Waals surface area contributed by atoms with Gasteiger partial charge >= 0.3 is 0 Å². The second kappa shape index (κ2) is 9.47. The van der Waals surface area contributed by atoms with E-state index in [2.05, 4.69) is 10.0 Å². The number of rotatable bonds is 9. The minimum atomic E-state index is -4.03. The predicted octanol–water partition coefficient (Wildman–Crippen LogP) is 0.789. The summed E-state index contributed by atoms with van der Waals surface area (Å²) >= 11 is 0. The Morgan fingerprint density at radius 1 is 1.21 bits per heavy atom. The van der Waals surface area contributed by atoms with Crippen LogP contribution in [-0.4, -0.2) is 39.1 Å². The molecule has 0 aliphatic carbocycles. The third-order valence-corrected chi connectivity index (χ3v) is 5.47. The largest absolute Gasteiger partial charge is 0.496 e. The summed E-state index contributed by atoms with van der Waals surface area (Å²) in [6, 6.07) is 8.05. The van der Waals surface area contributed by atoms with Gasteiger partial charge in [-0.25, -0.2) is 17.5 Å². The monoisotopic (exact) mass is 411 g/mol. The minimum absolute atomic E-state index is 0.121. The summed E-state index contributed by atoms with van der Waals surface area (Å²) in [4.78, 5) is 23.4. The first-order valence-electron chi connectivity index (χ1n) is 8.51. The van der Waals surface area contributed by atoms with E-state index in [9.17, 15) is 22.4 Å². The lowest BCUT2D eigenvalue weighted by molar-refractivity contribution is -0.120. The van der Waals surface area contributed by atoms with Gasteiger partial charge in [0.15, 0.2) is 0 Å². The van der Waals surface area contributed by atoms with E-state index < -0.39 is 26.6 Å². The summed E-state index contributed by atoms with van der Waals surface area (Å²) in [6.45, 7) is 2.04. The number of carbonyl (C=O) groups excluding carboxylic acids is 1. The number of aryl methyl sites for hydroxylation is 1. The lowest BCUT2D eigenvalue weighted by Gasteiger charge is -2.12. The first-order valence-corrected chi connectivity index (χ1v) is 9.99. The summed E-state index contributed by atoms with van der Waals surface area (Å²) in [7, 11) is -2.56. The van der Waals surface area contributed by atoms with Gasteiger partial charge in [0.25, 0.3) is 5.56 Å². The Morgan fingerprint density at radius 3 is 2.57 bits per heavy atom. The molecule has 0 unspecified atom stereocenters. The van der Waals surface area contributed by atoms with E-state index in [0.29, 0.717) is 11.4 Å². The van der Waals surface area contributed by atoms with Crippen LogP contribution in [-0.2, 0) is 21.4 Å². The van der Waals surface area contributed by atoms with Crippen LogP contribution in [0.15, 0.2) is 46.1 Å². The van der Waals surface area contributed by atoms with E-state index in [1.807, 2.05) is 0 Å². The van der Waals surface area contributed by atoms with Crippen molar-refractivity contribution in [2.24, 2.45) is 0 Å². The Labute approximate surface area is 162 Å². The predicted molar refractivity (Wildman–Crippen MR) is 101 cm³/mol. The molecule has 0 spiro atoms. The molecule has 0 atom stereocenters. The van der Waals surface area contributed by atoms with Crippen molar-refractivity contribution in [3.63, 3.8) is 0 Å². The number of sulfonamides is 1. The van der Waals surface area contributed by atoms with Crippen LogP contribution in [0.25, 0.3) is 0 Å². The van der Waals surface area contributed by atoms with Gasteiger partial charge in [0, 0.05) is 37.8 Å². The summed E-state index contributed by atoms with van der Waals surface area (Å²) in [5, 5.41) is 2.61. The van der Waals surface area contributed by atoms with E-state index in [-0.39, 0.29) is 31.6 Å². The molecule has 0 fully saturated rings. The topological polar surface area (TPSA) is 106 Å². The third-order valence-electron chi connectivity index (χ3n) is 3.97. The molecule has 2 N–H and O–H groups in total. The molecule has 1 amide bonds. The number of ether oxygens (including phenoxy) is 1. The first-order chi connectivity index (χ1) is 13.2. The summed E-state index contributed by atoms with van der Waals surface area (Å²) < 4.78 is 46.3. The number of carbonyl (C=O) groups is 1. The van der Waals surface area contributed by atoms with Crippen molar-refractivity contribution in [1.29, 1.82) is 0 Å². The van der Waals surface area contributed by atoms with Gasteiger partial charge in [-0.2, -0.15) is 0 Å². The van der Waals surface area contributed by atoms with Crippen LogP contribution >= 0.6 is 0 Å². The number of hydrogen-bond donors (Lipinski definition) is 2. The standard InChI is InChI=1S/C18H22FN3O5S/c1-13-11-14(27-2)12-18(24)22(13)10-9-20-17(23)7-8-21-28(25,26)16-6-4-3-5-15(16)19/h3-6,11-12,21H,7-10H2,1-2H3,(H,20,23). The molecular weight excluding hydrogens is 389 g/mol. The van der Waals surface area contributed by atoms with Crippen LogP contribution in [0.2, 0.25) is 0 Å². The smallest absolute Gasteiger partial charge is 0.254 e. The van der Waals surface area contributed by atoms with Gasteiger partial charge in [0.2, 0.25) is 15.9 Å². The van der Waals surface area contributed by atoms with Gasteiger partial charge in [-0.15, -0.1) is 0 Å². The maximum absolute atomic E-state index is 13.6. The molecule has 0 saturated heterocycles. The highest BCUT2D eigenvalue weighted by molar-refractivity contribution is 7.89. The Morgan fingerprint density at radius 2 is 1.93 bits per heavy atom. The number of amides is 1. The van der Waals surface area contributed by atoms with Gasteiger partial charge in [-0.05, 0) is 25.1 Å². The van der Waals surface area contributed by atoms with E-state index in [1.54, 1.807) is 13.0 Å². The Hall–Kier alpha value is -2.72. The molecule has 0 aliphatic heterocycles. The molecule has 152 valence electrons. The minimum Gasteiger partial charge on any atom is -0.496 e. The van der Waals surface area contributed by atoms with Gasteiger partial charge in [-0.3, -0.25) is 9.59 Å². The molecule has 10 heteroatoms. The molecule has 0 aliphatic rings. The highest BCUT2D eigenvalue weighted by atomic mass is 32.2. The number of nitrogens with one attached hydrogen (secondary N) is 2. The van der Waals surface area contributed by atoms with Gasteiger partial charge in [0.05, 0.1) is 7.11 Å². The van der Waals surface area contributed by atoms with Crippen molar-refractivity contribution < 1.29 is 22.3 Å². The fourth-order valence-electron chi connectivity index (χ4n) is 2.54. The summed E-state index contributed by atoms with van der Waals surface area (Å²) in [6.07, 6.45) is -0.121. The van der Waals surface area contributed by atoms with E-state index >= 15 is 0 Å². The Bertz CT molecular complexity index is 1000. The number of aromatic nitrogens is 1. The van der Waals surface area contributed by atoms with Crippen LogP contribution in [0.4, 0.5) is 4.39 Å². The fraction of sp³-hybridized carbons (Fsp3) is 0.333. The third kappa shape index (κ3) is 5.64. The second-order valence-corrected chi connectivity index (χ2v) is 7.69. The Balaban J connectivity index is 1.81. The lowest BCUT2D eigenvalue weighted by Crippen LogP contribution is -2.34. The molecule has 2 rings (SSSR count). The molecule has 0 saturated carbocycles. The van der Waals surface area contributed by atoms with E-state index in [4.69, 9.17) is 4.74 Å². The highest BCUT2D eigenvalue weighted by Gasteiger charge is 2.18. The SMILES string of the molecule is COc1cc(C)n(CCNC(=O)CCNS(=O)(=O)c2ccccc2F)c(=O)c1. The van der Waals surface area contributed by atoms with Crippen molar-refractivity contribution in [3.05, 3.63) is 58.3 Å². The molecule has 28 heavy (non-hydrogen) atoms. The quantitative estimate of drug-likeness (QED) is 0.635. The number of nitrogens with zero attached hydrogens (tertiary/aromatic N) is 1. The zero-order chi connectivity index (χ0) is 20.7. The number of methoxy groups -OCH3 is 1. The van der Waals surface area contributed by atoms with E-state index in [0.717, 1.165) is 12.1 Å². The van der Waals surface area contributed by atoms with Crippen molar-refractivity contribution in [2.45, 2.75) is 24.8 Å². The summed E-state index contributed by atoms with van der Waals surface area (Å²) in [5.41, 5.74) is 0.444. The van der Waals surface area contributed by atoms with Crippen LogP contribution in [0.5, 0.6) is 5.75 Å². The lowest BCUT2D eigenvalue weighted by atomic mass is 10.3. The highest BCUT2D eigenvalue weighted by Crippen LogP contribution is 2.12. The van der Waals surface area contributed by atoms with Crippen LogP contribution in [0.3, 0.4) is 0 Å². The maximum Gasteiger partial charge on any atom is 0.254 e. The van der Waals surface area contributed by atoms with Crippen LogP contribution < -0.4 is 20.3 Å². The van der Waals surface area contributed by atoms with Crippen LogP contribution in [0, 0.1) is 12.7 Å². The van der Waals surface area contributed by atoms with Crippen molar-refractivity contribution >= 4 is 15.9 Å². The maximum atomic E-state index is 13.6. The molecule has 1 aromatic carbocycles. The molecule has 1 aromatic heterocycles. The van der Waals surface area contributed by atoms with Crippen molar-refractivity contribution in [2.75, 3.05) is 20.2 Å². The van der Waals surface area contributed by atoms with Gasteiger partial charge in [-0.1, -0.05) is 12.1 Å². The molecule has 2 aromatic rings. The zero-order valence-electron chi connectivity index (χ0n) is 15.6. The fourth-order valence-corrected chi connectivity index (χ4v) is 3.65. The van der Waals surface area contributed by atoms with E-state index in [1.165, 1.54) is 29.9 Å². The average molecular weight is 411 g/mol. The van der Waals surface area contributed by atoms with Crippen LogP contribution in [0.1, 0.15) is 12.1 Å². The molecule has 1 heterocycles. The zero-order valence-corrected chi connectivity index (χ0v) is 16.4. The second-order valence-electron chi connectivity index (χ2n) is 5.95. The average Bonchev–Trinajstić information content (AvgIpc) is 2.63. The normalized spacial score (nSPS) is 11.2. The first kappa shape index (κ1) is 21.6. The molecule has 0 bridgehead atoms.